The number of rotatable bonds is 3. The Morgan fingerprint density at radius 1 is 1.03 bits per heavy atom. The van der Waals surface area contributed by atoms with Crippen molar-refractivity contribution in [2.24, 2.45) is 17.8 Å². The fourth-order valence-electron chi connectivity index (χ4n) is 5.64. The van der Waals surface area contributed by atoms with Gasteiger partial charge in [-0.2, -0.15) is 54.0 Å². The molecule has 2 fully saturated rings. The lowest BCUT2D eigenvalue weighted by Gasteiger charge is -2.36. The largest absolute Gasteiger partial charge is 0.340 e. The van der Waals surface area contributed by atoms with Gasteiger partial charge in [-0.05, 0) is 49.5 Å². The Bertz CT molecular complexity index is 1120. The lowest BCUT2D eigenvalue weighted by atomic mass is 9.84. The van der Waals surface area contributed by atoms with Crippen LogP contribution in [0.4, 0.5) is 0 Å². The summed E-state index contributed by atoms with van der Waals surface area (Å²) < 4.78 is 0. The van der Waals surface area contributed by atoms with Gasteiger partial charge in [-0.1, -0.05) is 63.4 Å². The number of carbonyl (C=O) groups is 1. The van der Waals surface area contributed by atoms with Gasteiger partial charge in [0.15, 0.2) is 0 Å². The topological polar surface area (TPSA) is 49.0 Å². The van der Waals surface area contributed by atoms with Crippen LogP contribution < -0.4 is 0 Å². The molecule has 5 rings (SSSR count). The van der Waals surface area contributed by atoms with E-state index < -0.39 is 0 Å². The zero-order valence-corrected chi connectivity index (χ0v) is 24.6. The number of fused-ring (bicyclic) bond motifs is 4. The summed E-state index contributed by atoms with van der Waals surface area (Å²) in [6.07, 6.45) is 5.94. The monoisotopic (exact) mass is 539 g/mol. The number of carbonyl (C=O) groups excluding carboxylic acids is 1. The van der Waals surface area contributed by atoms with Crippen LogP contribution in [0.5, 0.6) is 0 Å². The van der Waals surface area contributed by atoms with Crippen LogP contribution in [0.2, 0.25) is 0 Å². The highest BCUT2D eigenvalue weighted by Crippen LogP contribution is 2.47. The number of benzene rings is 2. The van der Waals surface area contributed by atoms with Crippen LogP contribution in [0.1, 0.15) is 70.3 Å². The van der Waals surface area contributed by atoms with Crippen LogP contribution in [-0.4, -0.2) is 26.8 Å². The number of amides is 1. The third kappa shape index (κ3) is 5.40. The molecule has 1 aliphatic heterocycles. The van der Waals surface area contributed by atoms with Gasteiger partial charge in [-0.15, -0.1) is 0 Å². The fourth-order valence-corrected chi connectivity index (χ4v) is 5.64. The minimum atomic E-state index is 0. The van der Waals surface area contributed by atoms with Crippen molar-refractivity contribution in [2.45, 2.75) is 71.9 Å². The molecule has 1 saturated carbocycles. The highest BCUT2D eigenvalue weighted by Gasteiger charge is 2.47. The Balaban J connectivity index is 0.00000144. The van der Waals surface area contributed by atoms with Crippen LogP contribution in [-0.2, 0) is 4.79 Å². The second kappa shape index (κ2) is 12.3. The maximum Gasteiger partial charge on any atom is 0.226 e. The quantitative estimate of drug-likeness (QED) is 0.408. The molecule has 1 amide bonds. The van der Waals surface area contributed by atoms with Gasteiger partial charge in [0.05, 0.1) is 17.1 Å². The van der Waals surface area contributed by atoms with Crippen LogP contribution in [0, 0.1) is 24.7 Å². The van der Waals surface area contributed by atoms with Gasteiger partial charge < -0.3 is 9.88 Å². The van der Waals surface area contributed by atoms with E-state index >= 15 is 0 Å². The maximum absolute atomic E-state index is 13.6. The van der Waals surface area contributed by atoms with Crippen molar-refractivity contribution in [3.05, 3.63) is 41.7 Å². The van der Waals surface area contributed by atoms with Crippen molar-refractivity contribution < 1.29 is 4.79 Å². The Hall–Kier alpha value is -0.960. The number of aromatic amines is 1. The number of imidazole rings is 1. The SMILES string of the molecule is Cc1ccc2c(ccc3[nH]c([C@@H]4C[C@@H]5CCCC[C@@H]5N4C(=O)[C@@H](C)C(C)C)nc32)c1.S.S.S.S. The normalized spacial score (nSPS) is 22.3. The number of likely N-dealkylation sites (tertiary alicyclic amines) is 1. The first kappa shape index (κ1) is 31.1. The molecule has 2 aliphatic rings. The van der Waals surface area contributed by atoms with E-state index in [0.29, 0.717) is 23.8 Å². The van der Waals surface area contributed by atoms with Crippen LogP contribution >= 0.6 is 54.0 Å². The second-order valence-electron chi connectivity index (χ2n) is 9.95. The number of hydrogen-bond acceptors (Lipinski definition) is 2. The van der Waals surface area contributed by atoms with E-state index in [1.165, 1.54) is 35.6 Å². The van der Waals surface area contributed by atoms with Crippen molar-refractivity contribution in [3.63, 3.8) is 0 Å². The molecule has 0 bridgehead atoms. The minimum Gasteiger partial charge on any atom is -0.340 e. The number of nitrogens with zero attached hydrogens (tertiary/aromatic N) is 2. The van der Waals surface area contributed by atoms with E-state index in [-0.39, 0.29) is 65.9 Å². The summed E-state index contributed by atoms with van der Waals surface area (Å²) in [5, 5.41) is 2.41. The zero-order chi connectivity index (χ0) is 21.0. The molecular weight excluding hydrogens is 499 g/mol. The average Bonchev–Trinajstić information content (AvgIpc) is 3.33. The first-order chi connectivity index (χ1) is 14.4. The van der Waals surface area contributed by atoms with Crippen molar-refractivity contribution in [1.82, 2.24) is 14.9 Å². The zero-order valence-electron chi connectivity index (χ0n) is 20.6. The average molecular weight is 540 g/mol. The molecule has 4 nitrogen and oxygen atoms in total. The Morgan fingerprint density at radius 3 is 2.44 bits per heavy atom. The molecule has 4 atom stereocenters. The molecule has 3 aromatic rings. The van der Waals surface area contributed by atoms with E-state index in [1.807, 2.05) is 0 Å². The van der Waals surface area contributed by atoms with E-state index in [2.05, 4.69) is 67.9 Å². The molecule has 8 heteroatoms. The molecule has 1 aliphatic carbocycles. The summed E-state index contributed by atoms with van der Waals surface area (Å²) in [7, 11) is 0. The first-order valence-corrected chi connectivity index (χ1v) is 11.6. The predicted octanol–water partition coefficient (Wildman–Crippen LogP) is 6.60. The molecule has 190 valence electrons. The first-order valence-electron chi connectivity index (χ1n) is 11.6. The minimum absolute atomic E-state index is 0. The summed E-state index contributed by atoms with van der Waals surface area (Å²) in [5.41, 5.74) is 3.36. The maximum atomic E-state index is 13.6. The molecule has 34 heavy (non-hydrogen) atoms. The Kier molecular flexibility index (Phi) is 11.3. The van der Waals surface area contributed by atoms with Crippen molar-refractivity contribution >= 4 is 81.7 Å². The highest BCUT2D eigenvalue weighted by atomic mass is 32.1. The lowest BCUT2D eigenvalue weighted by molar-refractivity contribution is -0.140. The van der Waals surface area contributed by atoms with Gasteiger partial charge in [0, 0.05) is 17.3 Å². The van der Waals surface area contributed by atoms with Gasteiger partial charge in [0.2, 0.25) is 5.91 Å². The molecule has 0 unspecified atom stereocenters. The number of aryl methyl sites for hydroxylation is 1. The lowest BCUT2D eigenvalue weighted by Crippen LogP contribution is -2.44. The van der Waals surface area contributed by atoms with Gasteiger partial charge >= 0.3 is 0 Å². The molecule has 1 saturated heterocycles. The van der Waals surface area contributed by atoms with Crippen molar-refractivity contribution in [1.29, 1.82) is 0 Å². The van der Waals surface area contributed by atoms with E-state index in [9.17, 15) is 4.79 Å². The fraction of sp³-hybridized carbons (Fsp3) is 0.538. The molecular formula is C26H41N3OS4. The van der Waals surface area contributed by atoms with Crippen LogP contribution in [0.15, 0.2) is 30.3 Å². The molecule has 1 N–H and O–H groups in total. The molecule has 2 aromatic carbocycles. The Morgan fingerprint density at radius 2 is 1.74 bits per heavy atom. The summed E-state index contributed by atoms with van der Waals surface area (Å²) in [5.74, 6) is 2.28. The summed E-state index contributed by atoms with van der Waals surface area (Å²) in [4.78, 5) is 24.5. The van der Waals surface area contributed by atoms with Crippen LogP contribution in [0.25, 0.3) is 21.8 Å². The number of aromatic nitrogens is 2. The molecule has 1 aromatic heterocycles. The number of hydrogen-bond donors (Lipinski definition) is 1. The van der Waals surface area contributed by atoms with Gasteiger partial charge in [0.1, 0.15) is 5.82 Å². The Labute approximate surface area is 231 Å². The standard InChI is InChI=1S/C26H33N3O.4H2S/c1-15(2)17(4)26(30)29-22-8-6-5-7-19(22)14-23(29)25-27-21-12-10-18-13-16(3)9-11-20(18)24(21)28-25;;;;/h9-13,15,17,19,22-23H,5-8,14H2,1-4H3,(H,27,28);4*1H2/t17-,19-,22-,23-;;;;/m0..../s1. The molecule has 0 spiro atoms. The molecule has 2 heterocycles. The molecule has 0 radical (unpaired) electrons. The number of H-pyrrole nitrogens is 1. The summed E-state index contributed by atoms with van der Waals surface area (Å²) >= 11 is 0. The number of nitrogens with one attached hydrogen (secondary N) is 1. The smallest absolute Gasteiger partial charge is 0.226 e. The summed E-state index contributed by atoms with van der Waals surface area (Å²) in [6, 6.07) is 11.3. The van der Waals surface area contributed by atoms with Crippen molar-refractivity contribution in [2.75, 3.05) is 0 Å². The van der Waals surface area contributed by atoms with E-state index in [4.69, 9.17) is 4.98 Å². The third-order valence-electron chi connectivity index (χ3n) is 7.69. The third-order valence-corrected chi connectivity index (χ3v) is 7.69. The van der Waals surface area contributed by atoms with Gasteiger partial charge in [0.25, 0.3) is 0 Å². The van der Waals surface area contributed by atoms with Gasteiger partial charge in [-0.25, -0.2) is 4.98 Å². The predicted molar refractivity (Wildman–Crippen MR) is 164 cm³/mol. The van der Waals surface area contributed by atoms with E-state index in [0.717, 1.165) is 29.7 Å². The van der Waals surface area contributed by atoms with Gasteiger partial charge in [-0.3, -0.25) is 4.79 Å². The van der Waals surface area contributed by atoms with E-state index in [1.54, 1.807) is 0 Å². The van der Waals surface area contributed by atoms with Crippen LogP contribution in [0.3, 0.4) is 0 Å². The highest BCUT2D eigenvalue weighted by molar-refractivity contribution is 7.59. The second-order valence-corrected chi connectivity index (χ2v) is 9.95. The summed E-state index contributed by atoms with van der Waals surface area (Å²) in [6.45, 7) is 8.52. The van der Waals surface area contributed by atoms with Crippen molar-refractivity contribution in [3.8, 4) is 0 Å².